The fourth-order valence-electron chi connectivity index (χ4n) is 2.73. The van der Waals surface area contributed by atoms with E-state index in [0.717, 1.165) is 5.75 Å². The Kier molecular flexibility index (Phi) is 4.06. The van der Waals surface area contributed by atoms with Gasteiger partial charge in [0.15, 0.2) is 0 Å². The Balaban J connectivity index is 1.92. The number of benzene rings is 1. The highest BCUT2D eigenvalue weighted by Gasteiger charge is 2.22. The minimum absolute atomic E-state index is 0.191. The zero-order valence-corrected chi connectivity index (χ0v) is 10.9. The highest BCUT2D eigenvalue weighted by Crippen LogP contribution is 2.28. The van der Waals surface area contributed by atoms with Gasteiger partial charge in [0.05, 0.1) is 0 Å². The normalized spacial score (nSPS) is 18.3. The maximum atomic E-state index is 6.20. The molecule has 1 fully saturated rings. The number of hydrogen-bond acceptors (Lipinski definition) is 2. The minimum atomic E-state index is 0.191. The Morgan fingerprint density at radius 2 is 1.82 bits per heavy atom. The van der Waals surface area contributed by atoms with Gasteiger partial charge in [-0.2, -0.15) is 0 Å². The van der Waals surface area contributed by atoms with E-state index in [1.54, 1.807) is 0 Å². The molecule has 1 atom stereocenters. The number of aryl methyl sites for hydroxylation is 2. The van der Waals surface area contributed by atoms with Gasteiger partial charge in [-0.1, -0.05) is 31.0 Å². The third kappa shape index (κ3) is 3.01. The van der Waals surface area contributed by atoms with E-state index >= 15 is 0 Å². The van der Waals surface area contributed by atoms with Crippen molar-refractivity contribution in [2.75, 3.05) is 6.61 Å². The van der Waals surface area contributed by atoms with Gasteiger partial charge in [0, 0.05) is 6.04 Å². The van der Waals surface area contributed by atoms with Crippen molar-refractivity contribution in [3.8, 4) is 5.75 Å². The van der Waals surface area contributed by atoms with Gasteiger partial charge in [-0.15, -0.1) is 0 Å². The number of ether oxygens (including phenoxy) is 1. The smallest absolute Gasteiger partial charge is 0.125 e. The zero-order valence-electron chi connectivity index (χ0n) is 10.9. The summed E-state index contributed by atoms with van der Waals surface area (Å²) in [6.45, 7) is 4.82. The molecule has 2 rings (SSSR count). The molecule has 0 heterocycles. The Morgan fingerprint density at radius 1 is 1.24 bits per heavy atom. The first-order valence-electron chi connectivity index (χ1n) is 6.63. The molecule has 1 saturated carbocycles. The van der Waals surface area contributed by atoms with Crippen LogP contribution >= 0.6 is 0 Å². The molecule has 0 aliphatic heterocycles. The van der Waals surface area contributed by atoms with E-state index in [0.29, 0.717) is 12.5 Å². The summed E-state index contributed by atoms with van der Waals surface area (Å²) in [7, 11) is 0. The van der Waals surface area contributed by atoms with Gasteiger partial charge in [-0.05, 0) is 43.7 Å². The molecular weight excluding hydrogens is 210 g/mol. The van der Waals surface area contributed by atoms with Crippen LogP contribution in [-0.2, 0) is 0 Å². The van der Waals surface area contributed by atoms with Crippen molar-refractivity contribution in [2.45, 2.75) is 45.6 Å². The molecule has 2 nitrogen and oxygen atoms in total. The van der Waals surface area contributed by atoms with Crippen LogP contribution in [0.5, 0.6) is 5.75 Å². The van der Waals surface area contributed by atoms with E-state index in [4.69, 9.17) is 10.5 Å². The van der Waals surface area contributed by atoms with E-state index in [9.17, 15) is 0 Å². The molecule has 17 heavy (non-hydrogen) atoms. The molecule has 0 aromatic heterocycles. The van der Waals surface area contributed by atoms with Crippen molar-refractivity contribution >= 4 is 0 Å². The van der Waals surface area contributed by atoms with Crippen LogP contribution in [0.2, 0.25) is 0 Å². The molecular formula is C15H23NO. The topological polar surface area (TPSA) is 35.2 Å². The Morgan fingerprint density at radius 3 is 2.41 bits per heavy atom. The molecule has 2 heteroatoms. The maximum absolute atomic E-state index is 6.20. The third-order valence-corrected chi connectivity index (χ3v) is 3.83. The fraction of sp³-hybridized carbons (Fsp3) is 0.600. The molecule has 0 bridgehead atoms. The summed E-state index contributed by atoms with van der Waals surface area (Å²) < 4.78 is 5.92. The van der Waals surface area contributed by atoms with Crippen LogP contribution in [0.1, 0.15) is 36.8 Å². The summed E-state index contributed by atoms with van der Waals surface area (Å²) in [6, 6.07) is 6.43. The van der Waals surface area contributed by atoms with Gasteiger partial charge >= 0.3 is 0 Å². The zero-order chi connectivity index (χ0) is 12.3. The molecule has 0 amide bonds. The lowest BCUT2D eigenvalue weighted by molar-refractivity contribution is 0.245. The van der Waals surface area contributed by atoms with Gasteiger partial charge in [-0.3, -0.25) is 0 Å². The molecule has 1 aliphatic carbocycles. The van der Waals surface area contributed by atoms with Crippen LogP contribution in [0.15, 0.2) is 18.2 Å². The third-order valence-electron chi connectivity index (χ3n) is 3.83. The summed E-state index contributed by atoms with van der Waals surface area (Å²) in [6.07, 6.45) is 5.22. The van der Waals surface area contributed by atoms with E-state index in [2.05, 4.69) is 32.0 Å². The highest BCUT2D eigenvalue weighted by atomic mass is 16.5. The first-order valence-corrected chi connectivity index (χ1v) is 6.63. The van der Waals surface area contributed by atoms with Crippen molar-refractivity contribution in [1.82, 2.24) is 0 Å². The summed E-state index contributed by atoms with van der Waals surface area (Å²) in [4.78, 5) is 0. The lowest BCUT2D eigenvalue weighted by atomic mass is 10.00. The van der Waals surface area contributed by atoms with Gasteiger partial charge in [-0.25, -0.2) is 0 Å². The van der Waals surface area contributed by atoms with Crippen LogP contribution < -0.4 is 10.5 Å². The summed E-state index contributed by atoms with van der Waals surface area (Å²) in [5.41, 5.74) is 8.60. The summed E-state index contributed by atoms with van der Waals surface area (Å²) in [5.74, 6) is 1.68. The average Bonchev–Trinajstić information content (AvgIpc) is 2.81. The van der Waals surface area contributed by atoms with Gasteiger partial charge in [0.1, 0.15) is 12.4 Å². The van der Waals surface area contributed by atoms with Crippen molar-refractivity contribution in [3.05, 3.63) is 29.3 Å². The van der Waals surface area contributed by atoms with Gasteiger partial charge < -0.3 is 10.5 Å². The van der Waals surface area contributed by atoms with E-state index in [1.807, 2.05) is 0 Å². The largest absolute Gasteiger partial charge is 0.491 e. The number of hydrogen-bond donors (Lipinski definition) is 1. The van der Waals surface area contributed by atoms with Crippen LogP contribution in [0.25, 0.3) is 0 Å². The summed E-state index contributed by atoms with van der Waals surface area (Å²) >= 11 is 0. The molecule has 2 N–H and O–H groups in total. The number of para-hydroxylation sites is 1. The molecule has 0 saturated heterocycles. The quantitative estimate of drug-likeness (QED) is 0.866. The van der Waals surface area contributed by atoms with E-state index < -0.39 is 0 Å². The molecule has 0 radical (unpaired) electrons. The van der Waals surface area contributed by atoms with Crippen molar-refractivity contribution in [1.29, 1.82) is 0 Å². The summed E-state index contributed by atoms with van der Waals surface area (Å²) in [5, 5.41) is 0. The Bertz CT molecular complexity index is 349. The van der Waals surface area contributed by atoms with Crippen LogP contribution in [0.3, 0.4) is 0 Å². The maximum Gasteiger partial charge on any atom is 0.125 e. The van der Waals surface area contributed by atoms with Crippen LogP contribution in [0, 0.1) is 19.8 Å². The van der Waals surface area contributed by atoms with E-state index in [1.165, 1.54) is 36.8 Å². The van der Waals surface area contributed by atoms with Crippen molar-refractivity contribution < 1.29 is 4.74 Å². The van der Waals surface area contributed by atoms with Crippen LogP contribution in [-0.4, -0.2) is 12.6 Å². The molecule has 1 aromatic rings. The Labute approximate surface area is 104 Å². The van der Waals surface area contributed by atoms with Gasteiger partial charge in [0.2, 0.25) is 0 Å². The van der Waals surface area contributed by atoms with Gasteiger partial charge in [0.25, 0.3) is 0 Å². The average molecular weight is 233 g/mol. The van der Waals surface area contributed by atoms with E-state index in [-0.39, 0.29) is 6.04 Å². The predicted octanol–water partition coefficient (Wildman–Crippen LogP) is 3.20. The molecule has 94 valence electrons. The van der Waals surface area contributed by atoms with Crippen molar-refractivity contribution in [3.63, 3.8) is 0 Å². The monoisotopic (exact) mass is 233 g/mol. The Hall–Kier alpha value is -1.02. The molecule has 1 aliphatic rings. The lowest BCUT2D eigenvalue weighted by Crippen LogP contribution is -2.34. The second-order valence-electron chi connectivity index (χ2n) is 5.24. The minimum Gasteiger partial charge on any atom is -0.491 e. The highest BCUT2D eigenvalue weighted by molar-refractivity contribution is 5.39. The molecule has 0 spiro atoms. The predicted molar refractivity (Wildman–Crippen MR) is 71.3 cm³/mol. The second kappa shape index (κ2) is 5.54. The SMILES string of the molecule is Cc1cccc(C)c1OCC(N)C1CCCC1. The number of rotatable bonds is 4. The standard InChI is InChI=1S/C15H23NO/c1-11-6-5-7-12(2)15(11)17-10-14(16)13-8-3-4-9-13/h5-7,13-14H,3-4,8-10,16H2,1-2H3. The number of nitrogens with two attached hydrogens (primary N) is 1. The first kappa shape index (κ1) is 12.4. The first-order chi connectivity index (χ1) is 8.18. The molecule has 1 aromatic carbocycles. The van der Waals surface area contributed by atoms with Crippen LogP contribution in [0.4, 0.5) is 0 Å². The lowest BCUT2D eigenvalue weighted by Gasteiger charge is -2.20. The molecule has 1 unspecified atom stereocenters. The second-order valence-corrected chi connectivity index (χ2v) is 5.24. The van der Waals surface area contributed by atoms with Crippen molar-refractivity contribution in [2.24, 2.45) is 11.7 Å². The fourth-order valence-corrected chi connectivity index (χ4v) is 2.73.